The minimum absolute atomic E-state index is 0.197. The molecule has 0 fully saturated rings. The van der Waals surface area contributed by atoms with Gasteiger partial charge in [0.25, 0.3) is 0 Å². The Morgan fingerprint density at radius 3 is 2.00 bits per heavy atom. The average Bonchev–Trinajstić information content (AvgIpc) is 1.78. The molecule has 0 saturated heterocycles. The van der Waals surface area contributed by atoms with E-state index in [4.69, 9.17) is 19.8 Å². The van der Waals surface area contributed by atoms with Crippen molar-refractivity contribution in [3.8, 4) is 11.5 Å². The van der Waals surface area contributed by atoms with E-state index in [0.29, 0.717) is 0 Å². The molecule has 0 radical (unpaired) electrons. The van der Waals surface area contributed by atoms with Crippen molar-refractivity contribution in [1.29, 1.82) is 0 Å². The molecule has 1 aromatic carbocycles. The topological polar surface area (TPSA) is 101 Å². The molecule has 1 aromatic rings. The Bertz CT molecular complexity index is 307. The van der Waals surface area contributed by atoms with E-state index in [9.17, 15) is 5.11 Å². The first-order valence-electron chi connectivity index (χ1n) is 3.52. The standard InChI is InChI=1S/C7H11O5P/c1-4-2-5(8)3-6(9)7(4)13(10,11)12/h2-3,8-13H,1H3. The molecule has 0 heterocycles. The van der Waals surface area contributed by atoms with E-state index in [1.54, 1.807) is 0 Å². The zero-order chi connectivity index (χ0) is 10.2. The second-order valence-corrected chi connectivity index (χ2v) is 4.56. The van der Waals surface area contributed by atoms with Gasteiger partial charge in [-0.1, -0.05) is 0 Å². The SMILES string of the molecule is Cc1cc(O)cc(O)c1[PH](O)(O)O. The second-order valence-electron chi connectivity index (χ2n) is 2.79. The van der Waals surface area contributed by atoms with Crippen molar-refractivity contribution >= 4 is 13.2 Å². The number of hydrogen-bond acceptors (Lipinski definition) is 5. The molecular formula is C7H11O5P. The normalized spacial score (nSPS) is 12.9. The molecule has 0 aliphatic rings. The van der Waals surface area contributed by atoms with Gasteiger partial charge in [0, 0.05) is 0 Å². The summed E-state index contributed by atoms with van der Waals surface area (Å²) in [4.78, 5) is 26.8. The summed E-state index contributed by atoms with van der Waals surface area (Å²) in [7, 11) is -4.51. The predicted molar refractivity (Wildman–Crippen MR) is 49.1 cm³/mol. The molecule has 0 unspecified atom stereocenters. The summed E-state index contributed by atoms with van der Waals surface area (Å²) in [6.45, 7) is 1.44. The molecule has 0 aromatic heterocycles. The molecule has 0 atom stereocenters. The van der Waals surface area contributed by atoms with Crippen LogP contribution in [0.5, 0.6) is 11.5 Å². The van der Waals surface area contributed by atoms with Crippen LogP contribution in [0.2, 0.25) is 0 Å². The van der Waals surface area contributed by atoms with Crippen molar-refractivity contribution in [2.45, 2.75) is 6.92 Å². The third-order valence-corrected chi connectivity index (χ3v) is 2.96. The molecule has 74 valence electrons. The number of phenolic OH excluding ortho intramolecular Hbond substituents is 2. The monoisotopic (exact) mass is 206 g/mol. The van der Waals surface area contributed by atoms with E-state index in [2.05, 4.69) is 0 Å². The summed E-state index contributed by atoms with van der Waals surface area (Å²) in [6, 6.07) is 2.16. The van der Waals surface area contributed by atoms with Crippen LogP contribution in [0, 0.1) is 6.92 Å². The molecule has 0 amide bonds. The van der Waals surface area contributed by atoms with Gasteiger partial charge in [0.1, 0.15) is 0 Å². The van der Waals surface area contributed by atoms with Crippen molar-refractivity contribution < 1.29 is 24.9 Å². The van der Waals surface area contributed by atoms with Crippen LogP contribution >= 0.6 is 7.94 Å². The fourth-order valence-corrected chi connectivity index (χ4v) is 2.20. The number of aryl methyl sites for hydroxylation is 1. The molecule has 0 aliphatic carbocycles. The van der Waals surface area contributed by atoms with E-state index in [1.165, 1.54) is 13.0 Å². The van der Waals surface area contributed by atoms with Gasteiger partial charge >= 0.3 is 74.3 Å². The Kier molecular flexibility index (Phi) is 2.45. The Labute approximate surface area is 75.1 Å². The molecule has 6 heteroatoms. The predicted octanol–water partition coefficient (Wildman–Crippen LogP) is -0.497. The van der Waals surface area contributed by atoms with Gasteiger partial charge in [0.05, 0.1) is 0 Å². The van der Waals surface area contributed by atoms with E-state index in [1.807, 2.05) is 0 Å². The van der Waals surface area contributed by atoms with Crippen LogP contribution in [0.1, 0.15) is 5.56 Å². The fourth-order valence-electron chi connectivity index (χ4n) is 1.19. The van der Waals surface area contributed by atoms with Gasteiger partial charge in [-0.3, -0.25) is 0 Å². The maximum absolute atomic E-state index is 9.20. The molecule has 5 N–H and O–H groups in total. The van der Waals surface area contributed by atoms with E-state index in [-0.39, 0.29) is 16.6 Å². The van der Waals surface area contributed by atoms with E-state index < -0.39 is 13.7 Å². The number of phenols is 2. The van der Waals surface area contributed by atoms with Gasteiger partial charge < -0.3 is 0 Å². The second kappa shape index (κ2) is 3.12. The van der Waals surface area contributed by atoms with Crippen LogP contribution < -0.4 is 5.30 Å². The fraction of sp³-hybridized carbons (Fsp3) is 0.143. The van der Waals surface area contributed by atoms with Gasteiger partial charge in [0.15, 0.2) is 0 Å². The Morgan fingerprint density at radius 2 is 1.62 bits per heavy atom. The summed E-state index contributed by atoms with van der Waals surface area (Å²) in [5, 5.41) is 17.9. The zero-order valence-electron chi connectivity index (χ0n) is 6.89. The molecule has 1 rings (SSSR count). The maximum atomic E-state index is 9.20. The van der Waals surface area contributed by atoms with E-state index >= 15 is 0 Å². The van der Waals surface area contributed by atoms with Gasteiger partial charge in [-0.15, -0.1) is 0 Å². The van der Waals surface area contributed by atoms with Crippen LogP contribution in [0.3, 0.4) is 0 Å². The first kappa shape index (κ1) is 10.2. The van der Waals surface area contributed by atoms with E-state index in [0.717, 1.165) is 6.07 Å². The molecule has 0 saturated carbocycles. The summed E-state index contributed by atoms with van der Waals surface area (Å²) in [5.41, 5.74) is 0.233. The summed E-state index contributed by atoms with van der Waals surface area (Å²) >= 11 is 0. The van der Waals surface area contributed by atoms with Crippen molar-refractivity contribution in [1.82, 2.24) is 0 Å². The molecule has 0 aliphatic heterocycles. The Morgan fingerprint density at radius 1 is 1.08 bits per heavy atom. The third kappa shape index (κ3) is 2.08. The molecule has 5 nitrogen and oxygen atoms in total. The molecular weight excluding hydrogens is 195 g/mol. The van der Waals surface area contributed by atoms with Crippen molar-refractivity contribution in [2.24, 2.45) is 0 Å². The number of hydrogen-bond donors (Lipinski definition) is 5. The number of rotatable bonds is 1. The quantitative estimate of drug-likeness (QED) is 0.399. The van der Waals surface area contributed by atoms with Crippen molar-refractivity contribution in [3.05, 3.63) is 17.7 Å². The van der Waals surface area contributed by atoms with Crippen LogP contribution in [0.25, 0.3) is 0 Å². The van der Waals surface area contributed by atoms with Crippen LogP contribution in [-0.2, 0) is 0 Å². The van der Waals surface area contributed by atoms with Crippen molar-refractivity contribution in [2.75, 3.05) is 0 Å². The summed E-state index contributed by atoms with van der Waals surface area (Å²) in [5.74, 6) is -0.714. The Balaban J connectivity index is 3.38. The first-order chi connectivity index (χ1) is 5.82. The van der Waals surface area contributed by atoms with Gasteiger partial charge in [-0.05, 0) is 0 Å². The molecule has 13 heavy (non-hydrogen) atoms. The van der Waals surface area contributed by atoms with Crippen LogP contribution in [0.15, 0.2) is 12.1 Å². The van der Waals surface area contributed by atoms with Crippen molar-refractivity contribution in [3.63, 3.8) is 0 Å². The zero-order valence-corrected chi connectivity index (χ0v) is 7.89. The van der Waals surface area contributed by atoms with Gasteiger partial charge in [0.2, 0.25) is 0 Å². The third-order valence-electron chi connectivity index (χ3n) is 1.63. The van der Waals surface area contributed by atoms with Crippen LogP contribution in [-0.4, -0.2) is 24.9 Å². The number of benzene rings is 1. The Hall–Kier alpha value is -0.870. The first-order valence-corrected chi connectivity index (χ1v) is 5.36. The van der Waals surface area contributed by atoms with Gasteiger partial charge in [-0.2, -0.15) is 0 Å². The average molecular weight is 206 g/mol. The van der Waals surface area contributed by atoms with Crippen LogP contribution in [0.4, 0.5) is 0 Å². The van der Waals surface area contributed by atoms with Gasteiger partial charge in [-0.25, -0.2) is 0 Å². The number of aromatic hydroxyl groups is 2. The summed E-state index contributed by atoms with van der Waals surface area (Å²) < 4.78 is 0. The summed E-state index contributed by atoms with van der Waals surface area (Å²) in [6.07, 6.45) is 0. The molecule has 0 spiro atoms. The molecule has 0 bridgehead atoms. The minimum atomic E-state index is -4.51.